The number of hydrogen-bond donors (Lipinski definition) is 1. The molecule has 3 rings (SSSR count). The summed E-state index contributed by atoms with van der Waals surface area (Å²) in [6.07, 6.45) is 0.432. The number of hydrogen-bond acceptors (Lipinski definition) is 4. The van der Waals surface area contributed by atoms with E-state index in [1.165, 1.54) is 11.8 Å². The molecule has 7 heteroatoms. The predicted octanol–water partition coefficient (Wildman–Crippen LogP) is 5.75. The molecule has 0 bridgehead atoms. The number of amides is 2. The van der Waals surface area contributed by atoms with Crippen molar-refractivity contribution < 1.29 is 14.3 Å². The van der Waals surface area contributed by atoms with Crippen molar-refractivity contribution in [2.45, 2.75) is 44.6 Å². The van der Waals surface area contributed by atoms with Crippen molar-refractivity contribution in [3.63, 3.8) is 0 Å². The number of carbonyl (C=O) groups excluding carboxylic acids is 2. The number of benzene rings is 3. The van der Waals surface area contributed by atoms with Gasteiger partial charge in [-0.1, -0.05) is 66.2 Å². The van der Waals surface area contributed by atoms with Crippen molar-refractivity contribution in [2.24, 2.45) is 0 Å². The number of ether oxygens (including phenoxy) is 1. The molecule has 0 fully saturated rings. The first-order valence-electron chi connectivity index (χ1n) is 11.9. The van der Waals surface area contributed by atoms with E-state index in [4.69, 9.17) is 16.3 Å². The summed E-state index contributed by atoms with van der Waals surface area (Å²) in [5.74, 6) is 1.51. The number of thioether (sulfide) groups is 1. The highest BCUT2D eigenvalue weighted by Crippen LogP contribution is 2.20. The van der Waals surface area contributed by atoms with Crippen molar-refractivity contribution in [3.05, 3.63) is 101 Å². The molecule has 0 aliphatic carbocycles. The molecule has 3 aromatic rings. The Morgan fingerprint density at radius 2 is 1.56 bits per heavy atom. The Morgan fingerprint density at radius 3 is 2.17 bits per heavy atom. The average molecular weight is 525 g/mol. The van der Waals surface area contributed by atoms with E-state index >= 15 is 0 Å². The summed E-state index contributed by atoms with van der Waals surface area (Å²) >= 11 is 7.61. The maximum absolute atomic E-state index is 13.6. The Balaban J connectivity index is 1.81. The Bertz CT molecular complexity index is 1110. The largest absolute Gasteiger partial charge is 0.497 e. The lowest BCUT2D eigenvalue weighted by atomic mass is 10.0. The van der Waals surface area contributed by atoms with Gasteiger partial charge in [-0.3, -0.25) is 9.59 Å². The second-order valence-electron chi connectivity index (χ2n) is 8.86. The van der Waals surface area contributed by atoms with Gasteiger partial charge in [0.05, 0.1) is 12.9 Å². The van der Waals surface area contributed by atoms with Gasteiger partial charge in [-0.05, 0) is 54.8 Å². The van der Waals surface area contributed by atoms with Gasteiger partial charge >= 0.3 is 0 Å². The fraction of sp³-hybridized carbons (Fsp3) is 0.310. The zero-order valence-corrected chi connectivity index (χ0v) is 22.5. The summed E-state index contributed by atoms with van der Waals surface area (Å²) < 4.78 is 5.22. The van der Waals surface area contributed by atoms with Gasteiger partial charge in [0.1, 0.15) is 11.8 Å². The summed E-state index contributed by atoms with van der Waals surface area (Å²) in [5, 5.41) is 3.64. The maximum Gasteiger partial charge on any atom is 0.243 e. The summed E-state index contributed by atoms with van der Waals surface area (Å²) in [4.78, 5) is 28.7. The van der Waals surface area contributed by atoms with Crippen molar-refractivity contribution in [3.8, 4) is 5.75 Å². The third kappa shape index (κ3) is 8.61. The smallest absolute Gasteiger partial charge is 0.243 e. The van der Waals surface area contributed by atoms with Gasteiger partial charge in [0, 0.05) is 29.8 Å². The Kier molecular flexibility index (Phi) is 10.7. The molecule has 0 radical (unpaired) electrons. The average Bonchev–Trinajstić information content (AvgIpc) is 2.87. The van der Waals surface area contributed by atoms with E-state index in [-0.39, 0.29) is 23.6 Å². The van der Waals surface area contributed by atoms with Gasteiger partial charge in [0.15, 0.2) is 0 Å². The van der Waals surface area contributed by atoms with Crippen molar-refractivity contribution in [1.29, 1.82) is 0 Å². The first kappa shape index (κ1) is 27.6. The van der Waals surface area contributed by atoms with E-state index in [0.29, 0.717) is 23.7 Å². The van der Waals surface area contributed by atoms with Crippen LogP contribution in [0.2, 0.25) is 5.02 Å². The number of carbonyl (C=O) groups is 2. The highest BCUT2D eigenvalue weighted by atomic mass is 35.5. The van der Waals surface area contributed by atoms with Gasteiger partial charge in [0.2, 0.25) is 11.8 Å². The van der Waals surface area contributed by atoms with Crippen LogP contribution in [0, 0.1) is 0 Å². The summed E-state index contributed by atoms with van der Waals surface area (Å²) in [5.41, 5.74) is 3.03. The van der Waals surface area contributed by atoms with Crippen LogP contribution in [-0.4, -0.2) is 41.7 Å². The number of halogens is 1. The lowest BCUT2D eigenvalue weighted by Crippen LogP contribution is -2.52. The van der Waals surface area contributed by atoms with Crippen LogP contribution >= 0.6 is 23.4 Å². The monoisotopic (exact) mass is 524 g/mol. The fourth-order valence-corrected chi connectivity index (χ4v) is 4.78. The van der Waals surface area contributed by atoms with Crippen LogP contribution in [0.15, 0.2) is 78.9 Å². The Hall–Kier alpha value is -2.96. The Labute approximate surface area is 223 Å². The molecule has 1 N–H and O–H groups in total. The molecular weight excluding hydrogens is 492 g/mol. The summed E-state index contributed by atoms with van der Waals surface area (Å²) in [7, 11) is 1.64. The van der Waals surface area contributed by atoms with Crippen molar-refractivity contribution in [1.82, 2.24) is 10.2 Å². The quantitative estimate of drug-likeness (QED) is 0.328. The predicted molar refractivity (Wildman–Crippen MR) is 148 cm³/mol. The van der Waals surface area contributed by atoms with Gasteiger partial charge in [-0.15, -0.1) is 11.8 Å². The van der Waals surface area contributed by atoms with Crippen LogP contribution in [0.25, 0.3) is 0 Å². The number of rotatable bonds is 12. The molecule has 0 saturated heterocycles. The van der Waals surface area contributed by atoms with Crippen LogP contribution in [0.1, 0.15) is 30.5 Å². The molecule has 36 heavy (non-hydrogen) atoms. The van der Waals surface area contributed by atoms with E-state index < -0.39 is 6.04 Å². The molecule has 190 valence electrons. The number of methoxy groups -OCH3 is 1. The molecule has 0 saturated carbocycles. The zero-order chi connectivity index (χ0) is 25.9. The molecule has 0 spiro atoms. The van der Waals surface area contributed by atoms with Crippen LogP contribution in [0.3, 0.4) is 0 Å². The lowest BCUT2D eigenvalue weighted by Gasteiger charge is -2.32. The zero-order valence-electron chi connectivity index (χ0n) is 20.9. The highest BCUT2D eigenvalue weighted by Gasteiger charge is 2.30. The van der Waals surface area contributed by atoms with Crippen LogP contribution in [0.5, 0.6) is 5.75 Å². The van der Waals surface area contributed by atoms with Crippen molar-refractivity contribution in [2.75, 3.05) is 12.9 Å². The maximum atomic E-state index is 13.6. The molecule has 5 nitrogen and oxygen atoms in total. The molecule has 0 aliphatic rings. The number of nitrogens with one attached hydrogen (secondary N) is 1. The van der Waals surface area contributed by atoms with Crippen LogP contribution in [0.4, 0.5) is 0 Å². The molecule has 0 aliphatic heterocycles. The topological polar surface area (TPSA) is 58.6 Å². The molecule has 1 atom stereocenters. The Morgan fingerprint density at radius 1 is 0.917 bits per heavy atom. The summed E-state index contributed by atoms with van der Waals surface area (Å²) in [6.45, 7) is 4.17. The van der Waals surface area contributed by atoms with E-state index in [1.807, 2.05) is 80.6 Å². The van der Waals surface area contributed by atoms with E-state index in [1.54, 1.807) is 24.1 Å². The molecule has 3 aromatic carbocycles. The van der Waals surface area contributed by atoms with Crippen molar-refractivity contribution >= 4 is 35.2 Å². The molecule has 2 amide bonds. The second-order valence-corrected chi connectivity index (χ2v) is 10.3. The minimum absolute atomic E-state index is 0.0345. The normalized spacial score (nSPS) is 11.7. The first-order valence-corrected chi connectivity index (χ1v) is 13.5. The third-order valence-corrected chi connectivity index (χ3v) is 6.86. The SMILES string of the molecule is COc1ccc(CSCC(=O)N(Cc2ccc(Cl)cc2)C(Cc2ccccc2)C(=O)NC(C)C)cc1. The third-order valence-electron chi connectivity index (χ3n) is 5.62. The minimum atomic E-state index is -0.639. The van der Waals surface area contributed by atoms with E-state index in [9.17, 15) is 9.59 Å². The second kappa shape index (κ2) is 14.0. The van der Waals surface area contributed by atoms with Crippen LogP contribution in [-0.2, 0) is 28.3 Å². The van der Waals surface area contributed by atoms with Gasteiger partial charge in [-0.2, -0.15) is 0 Å². The first-order chi connectivity index (χ1) is 17.4. The van der Waals surface area contributed by atoms with Crippen LogP contribution < -0.4 is 10.1 Å². The van der Waals surface area contributed by atoms with Gasteiger partial charge < -0.3 is 15.0 Å². The highest BCUT2D eigenvalue weighted by molar-refractivity contribution is 7.99. The lowest BCUT2D eigenvalue weighted by molar-refractivity contribution is -0.139. The fourth-order valence-electron chi connectivity index (χ4n) is 3.78. The minimum Gasteiger partial charge on any atom is -0.497 e. The standard InChI is InChI=1S/C29H33ClN2O3S/c1-21(2)31-29(34)27(17-22-7-5-4-6-8-22)32(18-23-9-13-25(30)14-10-23)28(33)20-36-19-24-11-15-26(35-3)16-12-24/h4-16,21,27H,17-20H2,1-3H3,(H,31,34). The van der Waals surface area contributed by atoms with Gasteiger partial charge in [0.25, 0.3) is 0 Å². The molecule has 0 heterocycles. The summed E-state index contributed by atoms with van der Waals surface area (Å²) in [6, 6.07) is 24.4. The number of nitrogens with zero attached hydrogens (tertiary/aromatic N) is 1. The molecular formula is C29H33ClN2O3S. The van der Waals surface area contributed by atoms with E-state index in [2.05, 4.69) is 5.32 Å². The molecule has 1 unspecified atom stereocenters. The van der Waals surface area contributed by atoms with Gasteiger partial charge in [-0.25, -0.2) is 0 Å². The molecule has 0 aromatic heterocycles. The van der Waals surface area contributed by atoms with E-state index in [0.717, 1.165) is 22.4 Å².